The Morgan fingerprint density at radius 2 is 1.80 bits per heavy atom. The highest BCUT2D eigenvalue weighted by atomic mass is 19.4. The summed E-state index contributed by atoms with van der Waals surface area (Å²) in [7, 11) is 0. The minimum atomic E-state index is -4.39. The van der Waals surface area contributed by atoms with Crippen molar-refractivity contribution in [1.29, 1.82) is 0 Å². The number of hydrogen-bond acceptors (Lipinski definition) is 3. The molecule has 3 rings (SSSR count). The van der Waals surface area contributed by atoms with Crippen LogP contribution < -0.4 is 10.2 Å². The van der Waals surface area contributed by atoms with E-state index < -0.39 is 11.7 Å². The second-order valence-electron chi connectivity index (χ2n) is 8.27. The minimum absolute atomic E-state index is 0.0201. The van der Waals surface area contributed by atoms with Crippen LogP contribution in [0.4, 0.5) is 19.0 Å². The molecule has 7 heteroatoms. The first kappa shape index (κ1) is 22.1. The van der Waals surface area contributed by atoms with Gasteiger partial charge in [-0.25, -0.2) is 4.98 Å². The zero-order valence-electron chi connectivity index (χ0n) is 17.3. The number of halogens is 3. The van der Waals surface area contributed by atoms with Crippen LogP contribution in [0.1, 0.15) is 50.3 Å². The van der Waals surface area contributed by atoms with Crippen LogP contribution in [0, 0.1) is 11.8 Å². The number of alkyl halides is 3. The third-order valence-corrected chi connectivity index (χ3v) is 5.49. The largest absolute Gasteiger partial charge is 0.417 e. The second kappa shape index (κ2) is 9.49. The highest BCUT2D eigenvalue weighted by Crippen LogP contribution is 2.30. The molecule has 1 fully saturated rings. The number of carbonyl (C=O) groups excluding carboxylic acids is 1. The number of hydrogen-bond donors (Lipinski definition) is 1. The van der Waals surface area contributed by atoms with Crippen molar-refractivity contribution in [1.82, 2.24) is 10.3 Å². The van der Waals surface area contributed by atoms with E-state index in [1.807, 2.05) is 35.2 Å². The van der Waals surface area contributed by atoms with Gasteiger partial charge in [-0.2, -0.15) is 13.2 Å². The Bertz CT molecular complexity index is 814. The maximum absolute atomic E-state index is 12.9. The number of nitrogens with one attached hydrogen (secondary N) is 1. The summed E-state index contributed by atoms with van der Waals surface area (Å²) in [6.45, 7) is 5.46. The van der Waals surface area contributed by atoms with Crippen LogP contribution in [0.5, 0.6) is 0 Å². The van der Waals surface area contributed by atoms with Gasteiger partial charge in [0.2, 0.25) is 5.91 Å². The van der Waals surface area contributed by atoms with E-state index in [9.17, 15) is 18.0 Å². The molecule has 0 bridgehead atoms. The fraction of sp³-hybridized carbons (Fsp3) is 0.478. The fourth-order valence-corrected chi connectivity index (χ4v) is 3.84. The van der Waals surface area contributed by atoms with Gasteiger partial charge in [0.05, 0.1) is 11.6 Å². The molecule has 1 atom stereocenters. The molecule has 2 heterocycles. The van der Waals surface area contributed by atoms with E-state index in [1.54, 1.807) is 0 Å². The predicted octanol–water partition coefficient (Wildman–Crippen LogP) is 5.22. The van der Waals surface area contributed by atoms with E-state index in [0.29, 0.717) is 37.7 Å². The molecule has 1 N–H and O–H groups in total. The third kappa shape index (κ3) is 5.74. The number of aromatic nitrogens is 1. The first-order chi connectivity index (χ1) is 14.2. The molecule has 1 unspecified atom stereocenters. The fourth-order valence-electron chi connectivity index (χ4n) is 3.84. The smallest absolute Gasteiger partial charge is 0.357 e. The van der Waals surface area contributed by atoms with E-state index in [0.717, 1.165) is 24.2 Å². The van der Waals surface area contributed by atoms with Gasteiger partial charge in [0.25, 0.3) is 0 Å². The highest BCUT2D eigenvalue weighted by Gasteiger charge is 2.32. The van der Waals surface area contributed by atoms with E-state index in [4.69, 9.17) is 0 Å². The SMILES string of the molecule is CC(C)CC(NC(=O)C1CCN(c2ccc(C(F)(F)F)cn2)CC1)c1ccccc1. The molecule has 1 aromatic heterocycles. The minimum Gasteiger partial charge on any atom is -0.357 e. The van der Waals surface area contributed by atoms with Gasteiger partial charge >= 0.3 is 6.18 Å². The Morgan fingerprint density at radius 1 is 1.13 bits per heavy atom. The number of carbonyl (C=O) groups is 1. The van der Waals surface area contributed by atoms with Crippen molar-refractivity contribution >= 4 is 11.7 Å². The molecular formula is C23H28F3N3O. The summed E-state index contributed by atoms with van der Waals surface area (Å²) in [6, 6.07) is 12.4. The Kier molecular flexibility index (Phi) is 7.00. The first-order valence-electron chi connectivity index (χ1n) is 10.4. The van der Waals surface area contributed by atoms with Crippen LogP contribution in [0.2, 0.25) is 0 Å². The van der Waals surface area contributed by atoms with Crippen molar-refractivity contribution < 1.29 is 18.0 Å². The summed E-state index contributed by atoms with van der Waals surface area (Å²) in [6.07, 6.45) is -1.36. The molecule has 162 valence electrons. The van der Waals surface area contributed by atoms with Crippen molar-refractivity contribution in [3.63, 3.8) is 0 Å². The Morgan fingerprint density at radius 3 is 2.33 bits per heavy atom. The topological polar surface area (TPSA) is 45.2 Å². The lowest BCUT2D eigenvalue weighted by Crippen LogP contribution is -2.42. The lowest BCUT2D eigenvalue weighted by Gasteiger charge is -2.33. The van der Waals surface area contributed by atoms with Crippen molar-refractivity contribution in [2.45, 2.75) is 45.3 Å². The lowest BCUT2D eigenvalue weighted by atomic mass is 9.93. The number of anilines is 1. The van der Waals surface area contributed by atoms with Gasteiger partial charge in [-0.05, 0) is 42.9 Å². The molecule has 4 nitrogen and oxygen atoms in total. The standard InChI is InChI=1S/C23H28F3N3O/c1-16(2)14-20(17-6-4-3-5-7-17)28-22(30)18-10-12-29(13-11-18)21-9-8-19(15-27-21)23(24,25)26/h3-9,15-16,18,20H,10-14H2,1-2H3,(H,28,30). The zero-order chi connectivity index (χ0) is 21.7. The Labute approximate surface area is 175 Å². The average Bonchev–Trinajstić information content (AvgIpc) is 2.73. The number of piperidine rings is 1. The number of amides is 1. The predicted molar refractivity (Wildman–Crippen MR) is 111 cm³/mol. The number of benzene rings is 1. The molecule has 0 radical (unpaired) electrons. The van der Waals surface area contributed by atoms with Gasteiger partial charge in [-0.1, -0.05) is 44.2 Å². The molecular weight excluding hydrogens is 391 g/mol. The van der Waals surface area contributed by atoms with Gasteiger partial charge in [-0.3, -0.25) is 4.79 Å². The van der Waals surface area contributed by atoms with Crippen LogP contribution in [0.25, 0.3) is 0 Å². The molecule has 1 saturated heterocycles. The third-order valence-electron chi connectivity index (χ3n) is 5.49. The quantitative estimate of drug-likeness (QED) is 0.698. The summed E-state index contributed by atoms with van der Waals surface area (Å²) in [4.78, 5) is 18.8. The molecule has 0 saturated carbocycles. The highest BCUT2D eigenvalue weighted by molar-refractivity contribution is 5.79. The van der Waals surface area contributed by atoms with Gasteiger partial charge in [0.15, 0.2) is 0 Å². The summed E-state index contributed by atoms with van der Waals surface area (Å²) < 4.78 is 38.1. The number of rotatable bonds is 6. The molecule has 0 spiro atoms. The van der Waals surface area contributed by atoms with Crippen LogP contribution in [0.15, 0.2) is 48.7 Å². The second-order valence-corrected chi connectivity index (χ2v) is 8.27. The molecule has 0 aliphatic carbocycles. The van der Waals surface area contributed by atoms with E-state index in [2.05, 4.69) is 24.1 Å². The van der Waals surface area contributed by atoms with E-state index in [1.165, 1.54) is 6.07 Å². The average molecular weight is 419 g/mol. The Balaban J connectivity index is 1.58. The lowest BCUT2D eigenvalue weighted by molar-refractivity contribution is -0.137. The molecule has 1 aliphatic rings. The van der Waals surface area contributed by atoms with Gasteiger partial charge in [0.1, 0.15) is 5.82 Å². The zero-order valence-corrected chi connectivity index (χ0v) is 17.3. The van der Waals surface area contributed by atoms with E-state index >= 15 is 0 Å². The van der Waals surface area contributed by atoms with Gasteiger partial charge in [0, 0.05) is 25.2 Å². The van der Waals surface area contributed by atoms with Gasteiger partial charge < -0.3 is 10.2 Å². The summed E-state index contributed by atoms with van der Waals surface area (Å²) in [5.41, 5.74) is 0.351. The van der Waals surface area contributed by atoms with Crippen LogP contribution in [-0.2, 0) is 11.0 Å². The first-order valence-corrected chi connectivity index (χ1v) is 10.4. The maximum atomic E-state index is 12.9. The maximum Gasteiger partial charge on any atom is 0.417 e. The molecule has 2 aromatic rings. The van der Waals surface area contributed by atoms with Crippen LogP contribution in [-0.4, -0.2) is 24.0 Å². The normalized spacial score (nSPS) is 16.5. The number of pyridine rings is 1. The van der Waals surface area contributed by atoms with Crippen molar-refractivity contribution in [3.05, 3.63) is 59.8 Å². The van der Waals surface area contributed by atoms with Crippen molar-refractivity contribution in [2.24, 2.45) is 11.8 Å². The monoisotopic (exact) mass is 419 g/mol. The molecule has 30 heavy (non-hydrogen) atoms. The summed E-state index contributed by atoms with van der Waals surface area (Å²) in [5.74, 6) is 0.908. The summed E-state index contributed by atoms with van der Waals surface area (Å²) >= 11 is 0. The molecule has 1 aliphatic heterocycles. The Hall–Kier alpha value is -2.57. The van der Waals surface area contributed by atoms with Crippen LogP contribution >= 0.6 is 0 Å². The van der Waals surface area contributed by atoms with Gasteiger partial charge in [-0.15, -0.1) is 0 Å². The van der Waals surface area contributed by atoms with E-state index in [-0.39, 0.29) is 17.9 Å². The number of nitrogens with zero attached hydrogens (tertiary/aromatic N) is 2. The summed E-state index contributed by atoms with van der Waals surface area (Å²) in [5, 5.41) is 3.21. The molecule has 1 amide bonds. The van der Waals surface area contributed by atoms with Crippen LogP contribution in [0.3, 0.4) is 0 Å². The van der Waals surface area contributed by atoms with Crippen molar-refractivity contribution in [3.8, 4) is 0 Å². The van der Waals surface area contributed by atoms with Crippen molar-refractivity contribution in [2.75, 3.05) is 18.0 Å². The molecule has 1 aromatic carbocycles.